The van der Waals surface area contributed by atoms with Gasteiger partial charge in [0.05, 0.1) is 23.6 Å². The normalized spacial score (nSPS) is 15.9. The summed E-state index contributed by atoms with van der Waals surface area (Å²) in [5.41, 5.74) is 2.75. The van der Waals surface area contributed by atoms with Crippen LogP contribution in [0.4, 0.5) is 0 Å². The lowest BCUT2D eigenvalue weighted by Crippen LogP contribution is -2.38. The van der Waals surface area contributed by atoms with Crippen molar-refractivity contribution in [3.63, 3.8) is 0 Å². The van der Waals surface area contributed by atoms with Gasteiger partial charge in [-0.25, -0.2) is 4.98 Å². The molecule has 35 heavy (non-hydrogen) atoms. The Hall–Kier alpha value is -4.03. The molecule has 6 heteroatoms. The molecule has 1 aliphatic heterocycles. The van der Waals surface area contributed by atoms with Crippen molar-refractivity contribution in [1.29, 1.82) is 0 Å². The van der Waals surface area contributed by atoms with Gasteiger partial charge in [-0.3, -0.25) is 9.59 Å². The molecule has 1 saturated heterocycles. The van der Waals surface area contributed by atoms with Crippen molar-refractivity contribution in [2.45, 2.75) is 25.5 Å². The van der Waals surface area contributed by atoms with E-state index in [1.54, 1.807) is 11.0 Å². The smallest absolute Gasteiger partial charge is 0.258 e. The predicted molar refractivity (Wildman–Crippen MR) is 138 cm³/mol. The van der Waals surface area contributed by atoms with Gasteiger partial charge in [-0.05, 0) is 42.2 Å². The van der Waals surface area contributed by atoms with Crippen LogP contribution in [0, 0.1) is 0 Å². The third kappa shape index (κ3) is 5.39. The summed E-state index contributed by atoms with van der Waals surface area (Å²) in [6, 6.07) is 26.7. The molecule has 1 aliphatic rings. The standard InChI is InChI=1S/C29H27N3O3/c33-28-24-15-7-8-16-26(24)30-27(31-28)20-32(19-23-14-9-17-35-23)29(34)25(22-12-5-2-6-13-22)18-21-10-3-1-4-11-21/h1-8,10-13,15-16,18,23H,9,14,17,19-20H2,(H,30,31,33). The molecule has 1 aromatic heterocycles. The first-order valence-electron chi connectivity index (χ1n) is 11.9. The van der Waals surface area contributed by atoms with Crippen molar-refractivity contribution in [2.24, 2.45) is 0 Å². The molecular formula is C29H27N3O3. The Morgan fingerprint density at radius 1 is 1.00 bits per heavy atom. The van der Waals surface area contributed by atoms with Gasteiger partial charge in [0.25, 0.3) is 11.5 Å². The summed E-state index contributed by atoms with van der Waals surface area (Å²) in [6.07, 6.45) is 3.74. The highest BCUT2D eigenvalue weighted by atomic mass is 16.5. The molecule has 176 valence electrons. The number of hydrogen-bond donors (Lipinski definition) is 1. The summed E-state index contributed by atoms with van der Waals surface area (Å²) < 4.78 is 5.86. The topological polar surface area (TPSA) is 75.3 Å². The van der Waals surface area contributed by atoms with Crippen LogP contribution in [0.25, 0.3) is 22.6 Å². The Kier molecular flexibility index (Phi) is 6.82. The van der Waals surface area contributed by atoms with Crippen molar-refractivity contribution in [1.82, 2.24) is 14.9 Å². The molecular weight excluding hydrogens is 438 g/mol. The van der Waals surface area contributed by atoms with E-state index in [1.807, 2.05) is 84.9 Å². The van der Waals surface area contributed by atoms with Crippen molar-refractivity contribution < 1.29 is 9.53 Å². The van der Waals surface area contributed by atoms with Crippen LogP contribution in [-0.4, -0.2) is 40.0 Å². The second-order valence-corrected chi connectivity index (χ2v) is 8.69. The van der Waals surface area contributed by atoms with Crippen LogP contribution in [0.1, 0.15) is 29.8 Å². The van der Waals surface area contributed by atoms with E-state index in [1.165, 1.54) is 0 Å². The number of amides is 1. The summed E-state index contributed by atoms with van der Waals surface area (Å²) in [6.45, 7) is 1.30. The van der Waals surface area contributed by atoms with Gasteiger partial charge < -0.3 is 14.6 Å². The fourth-order valence-corrected chi connectivity index (χ4v) is 4.42. The number of aromatic amines is 1. The highest BCUT2D eigenvalue weighted by Gasteiger charge is 2.26. The average molecular weight is 466 g/mol. The highest BCUT2D eigenvalue weighted by molar-refractivity contribution is 6.24. The van der Waals surface area contributed by atoms with E-state index in [9.17, 15) is 9.59 Å². The third-order valence-electron chi connectivity index (χ3n) is 6.16. The second kappa shape index (κ2) is 10.5. The molecule has 0 bridgehead atoms. The second-order valence-electron chi connectivity index (χ2n) is 8.69. The molecule has 0 saturated carbocycles. The van der Waals surface area contributed by atoms with Crippen LogP contribution < -0.4 is 5.56 Å². The maximum absolute atomic E-state index is 14.1. The number of ether oxygens (including phenoxy) is 1. The predicted octanol–water partition coefficient (Wildman–Crippen LogP) is 4.67. The molecule has 4 aromatic rings. The Labute approximate surface area is 203 Å². The number of aromatic nitrogens is 2. The molecule has 3 aromatic carbocycles. The first-order chi connectivity index (χ1) is 17.2. The van der Waals surface area contributed by atoms with Crippen LogP contribution >= 0.6 is 0 Å². The zero-order chi connectivity index (χ0) is 24.0. The summed E-state index contributed by atoms with van der Waals surface area (Å²) in [4.78, 5) is 36.0. The maximum Gasteiger partial charge on any atom is 0.258 e. The zero-order valence-electron chi connectivity index (χ0n) is 19.4. The molecule has 1 atom stereocenters. The van der Waals surface area contributed by atoms with Gasteiger partial charge in [-0.15, -0.1) is 0 Å². The van der Waals surface area contributed by atoms with Crippen molar-refractivity contribution in [2.75, 3.05) is 13.2 Å². The van der Waals surface area contributed by atoms with E-state index in [4.69, 9.17) is 4.74 Å². The molecule has 1 amide bonds. The van der Waals surface area contributed by atoms with Gasteiger partial charge in [-0.2, -0.15) is 0 Å². The minimum atomic E-state index is -0.210. The van der Waals surface area contributed by atoms with E-state index in [0.717, 1.165) is 24.0 Å². The van der Waals surface area contributed by atoms with E-state index in [2.05, 4.69) is 9.97 Å². The summed E-state index contributed by atoms with van der Waals surface area (Å²) in [5.74, 6) is 0.318. The highest BCUT2D eigenvalue weighted by Crippen LogP contribution is 2.24. The number of rotatable bonds is 7. The number of nitrogens with zero attached hydrogens (tertiary/aromatic N) is 2. The Morgan fingerprint density at radius 2 is 1.71 bits per heavy atom. The maximum atomic E-state index is 14.1. The van der Waals surface area contributed by atoms with Crippen molar-refractivity contribution >= 4 is 28.5 Å². The largest absolute Gasteiger partial charge is 0.376 e. The number of benzene rings is 3. The van der Waals surface area contributed by atoms with Gasteiger partial charge in [-0.1, -0.05) is 72.8 Å². The van der Waals surface area contributed by atoms with Gasteiger partial charge in [0.2, 0.25) is 0 Å². The minimum Gasteiger partial charge on any atom is -0.376 e. The van der Waals surface area contributed by atoms with Crippen LogP contribution in [0.3, 0.4) is 0 Å². The SMILES string of the molecule is O=C(C(=Cc1ccccc1)c1ccccc1)N(Cc1nc2ccccc2c(=O)[nH]1)CC1CCCO1. The molecule has 1 fully saturated rings. The molecule has 6 nitrogen and oxygen atoms in total. The van der Waals surface area contributed by atoms with E-state index in [0.29, 0.717) is 35.5 Å². The first-order valence-corrected chi connectivity index (χ1v) is 11.9. The van der Waals surface area contributed by atoms with Crippen molar-refractivity contribution in [3.05, 3.63) is 112 Å². The number of hydrogen-bond acceptors (Lipinski definition) is 4. The third-order valence-corrected chi connectivity index (χ3v) is 6.16. The van der Waals surface area contributed by atoms with Crippen molar-refractivity contribution in [3.8, 4) is 0 Å². The molecule has 0 radical (unpaired) electrons. The summed E-state index contributed by atoms with van der Waals surface area (Å²) in [5, 5.41) is 0.530. The summed E-state index contributed by atoms with van der Waals surface area (Å²) >= 11 is 0. The van der Waals surface area contributed by atoms with E-state index in [-0.39, 0.29) is 24.1 Å². The van der Waals surface area contributed by atoms with Gasteiger partial charge in [0, 0.05) is 18.7 Å². The van der Waals surface area contributed by atoms with Crippen LogP contribution in [0.15, 0.2) is 89.7 Å². The molecule has 1 N–H and O–H groups in total. The Bertz CT molecular complexity index is 1390. The number of fused-ring (bicyclic) bond motifs is 1. The lowest BCUT2D eigenvalue weighted by molar-refractivity contribution is -0.127. The zero-order valence-corrected chi connectivity index (χ0v) is 19.4. The van der Waals surface area contributed by atoms with E-state index >= 15 is 0 Å². The fourth-order valence-electron chi connectivity index (χ4n) is 4.42. The number of para-hydroxylation sites is 1. The number of carbonyl (C=O) groups excluding carboxylic acids is 1. The fraction of sp³-hybridized carbons (Fsp3) is 0.207. The van der Waals surface area contributed by atoms with Gasteiger partial charge in [0.1, 0.15) is 5.82 Å². The van der Waals surface area contributed by atoms with Gasteiger partial charge in [0.15, 0.2) is 0 Å². The van der Waals surface area contributed by atoms with Crippen LogP contribution in [-0.2, 0) is 16.1 Å². The quantitative estimate of drug-likeness (QED) is 0.318. The molecule has 2 heterocycles. The number of nitrogens with one attached hydrogen (secondary N) is 1. The molecule has 0 aliphatic carbocycles. The summed E-state index contributed by atoms with van der Waals surface area (Å²) in [7, 11) is 0. The molecule has 0 spiro atoms. The Balaban J connectivity index is 1.53. The minimum absolute atomic E-state index is 0.0418. The Morgan fingerprint density at radius 3 is 2.46 bits per heavy atom. The lowest BCUT2D eigenvalue weighted by Gasteiger charge is -2.26. The number of H-pyrrole nitrogens is 1. The monoisotopic (exact) mass is 465 g/mol. The molecule has 1 unspecified atom stereocenters. The van der Waals surface area contributed by atoms with Gasteiger partial charge >= 0.3 is 0 Å². The van der Waals surface area contributed by atoms with Crippen LogP contribution in [0.5, 0.6) is 0 Å². The van der Waals surface area contributed by atoms with Crippen LogP contribution in [0.2, 0.25) is 0 Å². The molecule has 5 rings (SSSR count). The lowest BCUT2D eigenvalue weighted by atomic mass is 10.0. The average Bonchev–Trinajstić information content (AvgIpc) is 3.41. The number of carbonyl (C=O) groups is 1. The van der Waals surface area contributed by atoms with E-state index < -0.39 is 0 Å². The first kappa shape index (κ1) is 22.7.